The molecule has 0 saturated heterocycles. The highest BCUT2D eigenvalue weighted by molar-refractivity contribution is 5.64. The molecule has 1 aliphatic rings. The van der Waals surface area contributed by atoms with E-state index in [0.717, 1.165) is 36.6 Å². The lowest BCUT2D eigenvalue weighted by molar-refractivity contribution is -0.109. The summed E-state index contributed by atoms with van der Waals surface area (Å²) in [6.45, 7) is 4.29. The Kier molecular flexibility index (Phi) is 3.96. The van der Waals surface area contributed by atoms with Gasteiger partial charge in [0.2, 0.25) is 0 Å². The Morgan fingerprint density at radius 2 is 2.13 bits per heavy atom. The second kappa shape index (κ2) is 5.92. The fourth-order valence-electron chi connectivity index (χ4n) is 3.03. The van der Waals surface area contributed by atoms with Crippen LogP contribution in [-0.4, -0.2) is 16.3 Å². The number of pyridine rings is 2. The lowest BCUT2D eigenvalue weighted by Crippen LogP contribution is -2.27. The van der Waals surface area contributed by atoms with Gasteiger partial charge >= 0.3 is 0 Å². The van der Waals surface area contributed by atoms with Crippen molar-refractivity contribution in [3.8, 4) is 11.8 Å². The van der Waals surface area contributed by atoms with Crippen LogP contribution in [0.2, 0.25) is 0 Å². The normalized spacial score (nSPS) is 18.5. The minimum atomic E-state index is -0.411. The summed E-state index contributed by atoms with van der Waals surface area (Å²) in [6.07, 6.45) is 5.32. The molecule has 1 atom stereocenters. The van der Waals surface area contributed by atoms with Crippen LogP contribution < -0.4 is 0 Å². The molecule has 3 rings (SSSR count). The number of hydrogen-bond acceptors (Lipinski definition) is 3. The average Bonchev–Trinajstić information content (AvgIpc) is 2.51. The van der Waals surface area contributed by atoms with E-state index >= 15 is 0 Å². The van der Waals surface area contributed by atoms with E-state index in [1.54, 1.807) is 0 Å². The van der Waals surface area contributed by atoms with E-state index in [4.69, 9.17) is 0 Å². The van der Waals surface area contributed by atoms with Crippen LogP contribution in [-0.2, 0) is 11.2 Å². The van der Waals surface area contributed by atoms with Crippen LogP contribution >= 0.6 is 0 Å². The summed E-state index contributed by atoms with van der Waals surface area (Å²) in [7, 11) is 0. The highest BCUT2D eigenvalue weighted by atomic mass is 19.1. The predicted molar refractivity (Wildman–Crippen MR) is 85.3 cm³/mol. The Morgan fingerprint density at radius 3 is 2.87 bits per heavy atom. The van der Waals surface area contributed by atoms with Gasteiger partial charge in [-0.15, -0.1) is 0 Å². The number of nitrogens with zero attached hydrogens (tertiary/aromatic N) is 2. The number of aromatic nitrogens is 2. The maximum absolute atomic E-state index is 13.1. The summed E-state index contributed by atoms with van der Waals surface area (Å²) in [5.74, 6) is 5.30. The maximum atomic E-state index is 13.1. The summed E-state index contributed by atoms with van der Waals surface area (Å²) >= 11 is 0. The van der Waals surface area contributed by atoms with Gasteiger partial charge in [-0.25, -0.2) is 9.37 Å². The first-order chi connectivity index (χ1) is 11.0. The average molecular weight is 308 g/mol. The smallest absolute Gasteiger partial charge is 0.142 e. The molecule has 0 aliphatic heterocycles. The summed E-state index contributed by atoms with van der Waals surface area (Å²) in [5.41, 5.74) is 3.11. The molecule has 0 radical (unpaired) electrons. The molecule has 116 valence electrons. The van der Waals surface area contributed by atoms with Gasteiger partial charge in [0.25, 0.3) is 0 Å². The Labute approximate surface area is 135 Å². The van der Waals surface area contributed by atoms with Gasteiger partial charge in [-0.3, -0.25) is 4.98 Å². The third-order valence-electron chi connectivity index (χ3n) is 4.03. The second-order valence-electron chi connectivity index (χ2n) is 6.66. The molecule has 0 amide bonds. The molecule has 0 bridgehead atoms. The maximum Gasteiger partial charge on any atom is 0.142 e. The Bertz CT molecular complexity index is 818. The first-order valence-corrected chi connectivity index (χ1v) is 7.54. The lowest BCUT2D eigenvalue weighted by Gasteiger charge is -2.34. The Hall–Kier alpha value is -2.54. The number of hydrogen-bond donors (Lipinski definition) is 0. The van der Waals surface area contributed by atoms with E-state index in [0.29, 0.717) is 11.3 Å². The van der Waals surface area contributed by atoms with E-state index in [9.17, 15) is 9.18 Å². The van der Waals surface area contributed by atoms with E-state index in [1.807, 2.05) is 12.1 Å². The van der Waals surface area contributed by atoms with E-state index < -0.39 is 5.82 Å². The van der Waals surface area contributed by atoms with Crippen molar-refractivity contribution in [2.45, 2.75) is 32.6 Å². The molecule has 0 fully saturated rings. The molecule has 1 aliphatic carbocycles. The van der Waals surface area contributed by atoms with Crippen molar-refractivity contribution in [1.82, 2.24) is 9.97 Å². The predicted octanol–water partition coefficient (Wildman–Crippen LogP) is 3.27. The lowest BCUT2D eigenvalue weighted by atomic mass is 9.71. The van der Waals surface area contributed by atoms with Gasteiger partial charge in [0.05, 0.1) is 6.20 Å². The summed E-state index contributed by atoms with van der Waals surface area (Å²) in [4.78, 5) is 19.7. The van der Waals surface area contributed by atoms with Crippen molar-refractivity contribution in [3.05, 3.63) is 58.9 Å². The molecule has 0 N–H and O–H groups in total. The quantitative estimate of drug-likeness (QED) is 0.600. The minimum absolute atomic E-state index is 0.0457. The first kappa shape index (κ1) is 15.4. The van der Waals surface area contributed by atoms with Crippen molar-refractivity contribution in [3.63, 3.8) is 0 Å². The highest BCUT2D eigenvalue weighted by Crippen LogP contribution is 2.40. The summed E-state index contributed by atoms with van der Waals surface area (Å²) < 4.78 is 13.1. The van der Waals surface area contributed by atoms with Crippen LogP contribution in [0.15, 0.2) is 30.6 Å². The molecule has 0 aromatic carbocycles. The van der Waals surface area contributed by atoms with Crippen molar-refractivity contribution >= 4 is 6.29 Å². The third-order valence-corrected chi connectivity index (χ3v) is 4.03. The van der Waals surface area contributed by atoms with Crippen molar-refractivity contribution < 1.29 is 9.18 Å². The fourth-order valence-corrected chi connectivity index (χ4v) is 3.03. The zero-order valence-electron chi connectivity index (χ0n) is 13.1. The molecular weight excluding hydrogens is 291 g/mol. The van der Waals surface area contributed by atoms with Crippen LogP contribution in [0.5, 0.6) is 0 Å². The topological polar surface area (TPSA) is 42.9 Å². The SMILES string of the molecule is CC1(C)Cc2nc(C#Cc3cncc(F)c3)ccc2C(C=O)C1. The third kappa shape index (κ3) is 3.45. The molecule has 2 aromatic rings. The van der Waals surface area contributed by atoms with Crippen molar-refractivity contribution in [2.24, 2.45) is 5.41 Å². The van der Waals surface area contributed by atoms with Gasteiger partial charge in [-0.1, -0.05) is 25.8 Å². The van der Waals surface area contributed by atoms with E-state index in [1.165, 1.54) is 12.3 Å². The minimum Gasteiger partial charge on any atom is -0.303 e. The first-order valence-electron chi connectivity index (χ1n) is 7.54. The highest BCUT2D eigenvalue weighted by Gasteiger charge is 2.32. The molecule has 0 saturated carbocycles. The van der Waals surface area contributed by atoms with Crippen LogP contribution in [0, 0.1) is 23.1 Å². The van der Waals surface area contributed by atoms with E-state index in [2.05, 4.69) is 35.7 Å². The van der Waals surface area contributed by atoms with Crippen molar-refractivity contribution in [1.29, 1.82) is 0 Å². The summed E-state index contributed by atoms with van der Waals surface area (Å²) in [5, 5.41) is 0. The monoisotopic (exact) mass is 308 g/mol. The van der Waals surface area contributed by atoms with E-state index in [-0.39, 0.29) is 11.3 Å². The molecule has 3 nitrogen and oxygen atoms in total. The van der Waals surface area contributed by atoms with Gasteiger partial charge in [0.15, 0.2) is 0 Å². The standard InChI is InChI=1S/C19H17FN2O/c1-19(2)8-14(12-23)17-6-5-16(22-18(17)9-19)4-3-13-7-15(20)11-21-10-13/h5-7,10-12,14H,8-9H2,1-2H3. The van der Waals surface area contributed by atoms with Crippen molar-refractivity contribution in [2.75, 3.05) is 0 Å². The number of halogens is 1. The molecular formula is C19H17FN2O. The van der Waals surface area contributed by atoms with Gasteiger partial charge < -0.3 is 4.79 Å². The van der Waals surface area contributed by atoms with Gasteiger partial charge in [-0.05, 0) is 41.9 Å². The fraction of sp³-hybridized carbons (Fsp3) is 0.316. The number of rotatable bonds is 1. The molecule has 0 spiro atoms. The molecule has 23 heavy (non-hydrogen) atoms. The summed E-state index contributed by atoms with van der Waals surface area (Å²) in [6, 6.07) is 5.09. The molecule has 2 heterocycles. The molecule has 2 aromatic heterocycles. The zero-order chi connectivity index (χ0) is 16.4. The molecule has 4 heteroatoms. The van der Waals surface area contributed by atoms with Crippen LogP contribution in [0.3, 0.4) is 0 Å². The zero-order valence-corrected chi connectivity index (χ0v) is 13.1. The van der Waals surface area contributed by atoms with Crippen LogP contribution in [0.4, 0.5) is 4.39 Å². The number of carbonyl (C=O) groups is 1. The number of aldehydes is 1. The Balaban J connectivity index is 1.94. The van der Waals surface area contributed by atoms with Gasteiger partial charge in [0.1, 0.15) is 17.8 Å². The van der Waals surface area contributed by atoms with Crippen LogP contribution in [0.25, 0.3) is 0 Å². The second-order valence-corrected chi connectivity index (χ2v) is 6.66. The number of fused-ring (bicyclic) bond motifs is 1. The Morgan fingerprint density at radius 1 is 1.30 bits per heavy atom. The largest absolute Gasteiger partial charge is 0.303 e. The molecule has 1 unspecified atom stereocenters. The van der Waals surface area contributed by atoms with Crippen LogP contribution in [0.1, 0.15) is 48.7 Å². The van der Waals surface area contributed by atoms with Gasteiger partial charge in [-0.2, -0.15) is 0 Å². The number of carbonyl (C=O) groups excluding carboxylic acids is 1. The van der Waals surface area contributed by atoms with Gasteiger partial charge in [0, 0.05) is 23.4 Å².